The first-order chi connectivity index (χ1) is 13.2. The molecule has 28 heavy (non-hydrogen) atoms. The maximum atomic E-state index is 12.2. The normalized spacial score (nSPS) is 12.6. The Kier molecular flexibility index (Phi) is 7.86. The summed E-state index contributed by atoms with van der Waals surface area (Å²) in [4.78, 5) is 12.2. The molecule has 0 aliphatic heterocycles. The highest BCUT2D eigenvalue weighted by Crippen LogP contribution is 2.20. The maximum Gasteiger partial charge on any atom is 0.240 e. The van der Waals surface area contributed by atoms with Crippen LogP contribution >= 0.6 is 11.6 Å². The Morgan fingerprint density at radius 1 is 1.11 bits per heavy atom. The van der Waals surface area contributed by atoms with Crippen LogP contribution in [0, 0.1) is 0 Å². The van der Waals surface area contributed by atoms with Crippen molar-refractivity contribution in [1.82, 2.24) is 10.0 Å². The van der Waals surface area contributed by atoms with E-state index >= 15 is 0 Å². The molecule has 0 spiro atoms. The van der Waals surface area contributed by atoms with Gasteiger partial charge in [0.05, 0.1) is 17.0 Å². The number of hydrogen-bond acceptors (Lipinski definition) is 4. The van der Waals surface area contributed by atoms with Gasteiger partial charge in [0.1, 0.15) is 5.75 Å². The number of hydrogen-bond donors (Lipinski definition) is 2. The van der Waals surface area contributed by atoms with E-state index in [2.05, 4.69) is 10.0 Å². The average molecular weight is 425 g/mol. The first-order valence-corrected chi connectivity index (χ1v) is 10.8. The van der Waals surface area contributed by atoms with Crippen LogP contribution in [-0.2, 0) is 14.8 Å². The molecule has 0 radical (unpaired) electrons. The van der Waals surface area contributed by atoms with Gasteiger partial charge in [0.15, 0.2) is 0 Å². The number of carbonyl (C=O) groups excluding carboxylic acids is 1. The monoisotopic (exact) mass is 424 g/mol. The van der Waals surface area contributed by atoms with Crippen LogP contribution in [0.2, 0.25) is 5.02 Å². The Balaban J connectivity index is 1.87. The highest BCUT2D eigenvalue weighted by atomic mass is 35.5. The lowest BCUT2D eigenvalue weighted by Gasteiger charge is -2.17. The second-order valence-corrected chi connectivity index (χ2v) is 8.84. The quantitative estimate of drug-likeness (QED) is 0.643. The van der Waals surface area contributed by atoms with Gasteiger partial charge < -0.3 is 10.1 Å². The SMILES string of the molecule is CC(C)Oc1cccc(C(C)NC(=O)CCNS(=O)(=O)c2cccc(Cl)c2)c1. The van der Waals surface area contributed by atoms with E-state index in [9.17, 15) is 13.2 Å². The van der Waals surface area contributed by atoms with Gasteiger partial charge in [-0.1, -0.05) is 29.8 Å². The van der Waals surface area contributed by atoms with E-state index in [1.54, 1.807) is 12.1 Å². The Morgan fingerprint density at radius 2 is 1.82 bits per heavy atom. The molecule has 0 saturated carbocycles. The van der Waals surface area contributed by atoms with E-state index in [4.69, 9.17) is 16.3 Å². The summed E-state index contributed by atoms with van der Waals surface area (Å²) in [7, 11) is -3.71. The van der Waals surface area contributed by atoms with Crippen molar-refractivity contribution in [3.63, 3.8) is 0 Å². The molecule has 152 valence electrons. The molecule has 2 aromatic carbocycles. The number of ether oxygens (including phenoxy) is 1. The lowest BCUT2D eigenvalue weighted by Crippen LogP contribution is -2.32. The minimum absolute atomic E-state index is 0.0100. The molecule has 0 bridgehead atoms. The van der Waals surface area contributed by atoms with Gasteiger partial charge in [-0.3, -0.25) is 4.79 Å². The van der Waals surface area contributed by atoms with E-state index in [0.717, 1.165) is 11.3 Å². The van der Waals surface area contributed by atoms with E-state index < -0.39 is 10.0 Å². The summed E-state index contributed by atoms with van der Waals surface area (Å²) in [6.07, 6.45) is 0.0828. The predicted molar refractivity (Wildman–Crippen MR) is 110 cm³/mol. The summed E-state index contributed by atoms with van der Waals surface area (Å²) >= 11 is 5.82. The van der Waals surface area contributed by atoms with Crippen LogP contribution in [0.4, 0.5) is 0 Å². The van der Waals surface area contributed by atoms with Gasteiger partial charge in [-0.2, -0.15) is 0 Å². The van der Waals surface area contributed by atoms with E-state index in [-0.39, 0.29) is 35.9 Å². The highest BCUT2D eigenvalue weighted by molar-refractivity contribution is 7.89. The summed E-state index contributed by atoms with van der Waals surface area (Å²) in [5, 5.41) is 3.19. The molecule has 1 amide bonds. The second kappa shape index (κ2) is 9.91. The zero-order chi connectivity index (χ0) is 20.7. The number of sulfonamides is 1. The number of rotatable bonds is 9. The molecule has 2 N–H and O–H groups in total. The second-order valence-electron chi connectivity index (χ2n) is 6.63. The van der Waals surface area contributed by atoms with E-state index in [1.807, 2.05) is 45.0 Å². The molecule has 2 rings (SSSR count). The lowest BCUT2D eigenvalue weighted by molar-refractivity contribution is -0.121. The van der Waals surface area contributed by atoms with Gasteiger partial charge in [-0.15, -0.1) is 0 Å². The van der Waals surface area contributed by atoms with Crippen LogP contribution in [0.3, 0.4) is 0 Å². The van der Waals surface area contributed by atoms with Crippen LogP contribution in [0.25, 0.3) is 0 Å². The fourth-order valence-electron chi connectivity index (χ4n) is 2.54. The number of benzene rings is 2. The summed E-state index contributed by atoms with van der Waals surface area (Å²) in [6, 6.07) is 13.2. The molecule has 0 saturated heterocycles. The molecule has 0 aromatic heterocycles. The Morgan fingerprint density at radius 3 is 2.50 bits per heavy atom. The fraction of sp³-hybridized carbons (Fsp3) is 0.350. The number of amides is 1. The molecule has 8 heteroatoms. The molecule has 2 aromatic rings. The van der Waals surface area contributed by atoms with Gasteiger partial charge in [0.25, 0.3) is 0 Å². The fourth-order valence-corrected chi connectivity index (χ4v) is 3.88. The van der Waals surface area contributed by atoms with Gasteiger partial charge >= 0.3 is 0 Å². The van der Waals surface area contributed by atoms with Crippen LogP contribution < -0.4 is 14.8 Å². The summed E-state index contributed by atoms with van der Waals surface area (Å²) < 4.78 is 32.5. The predicted octanol–water partition coefficient (Wildman–Crippen LogP) is 3.67. The van der Waals surface area contributed by atoms with Crippen molar-refractivity contribution >= 4 is 27.5 Å². The summed E-state index contributed by atoms with van der Waals surface area (Å²) in [5.41, 5.74) is 0.908. The molecule has 0 aliphatic rings. The smallest absolute Gasteiger partial charge is 0.240 e. The molecular weight excluding hydrogens is 400 g/mol. The average Bonchev–Trinajstić information content (AvgIpc) is 2.61. The first kappa shape index (κ1) is 22.2. The standard InChI is InChI=1S/C20H25ClN2O4S/c1-14(2)27-18-8-4-6-16(12-18)15(3)23-20(24)10-11-22-28(25,26)19-9-5-7-17(21)13-19/h4-9,12-15,22H,10-11H2,1-3H3,(H,23,24). The molecule has 1 unspecified atom stereocenters. The molecular formula is C20H25ClN2O4S. The van der Waals surface area contributed by atoms with Crippen molar-refractivity contribution in [2.45, 2.75) is 44.2 Å². The largest absolute Gasteiger partial charge is 0.491 e. The van der Waals surface area contributed by atoms with E-state index in [0.29, 0.717) is 5.02 Å². The van der Waals surface area contributed by atoms with Crippen molar-refractivity contribution in [3.05, 3.63) is 59.1 Å². The van der Waals surface area contributed by atoms with Crippen molar-refractivity contribution in [1.29, 1.82) is 0 Å². The van der Waals surface area contributed by atoms with Crippen LogP contribution in [0.15, 0.2) is 53.4 Å². The van der Waals surface area contributed by atoms with Gasteiger partial charge in [-0.05, 0) is 56.7 Å². The van der Waals surface area contributed by atoms with E-state index in [1.165, 1.54) is 12.1 Å². The Hall–Kier alpha value is -2.09. The highest BCUT2D eigenvalue weighted by Gasteiger charge is 2.15. The zero-order valence-electron chi connectivity index (χ0n) is 16.1. The molecule has 0 aliphatic carbocycles. The minimum atomic E-state index is -3.71. The first-order valence-electron chi connectivity index (χ1n) is 8.98. The lowest BCUT2D eigenvalue weighted by atomic mass is 10.1. The maximum absolute atomic E-state index is 12.2. The van der Waals surface area contributed by atoms with Gasteiger partial charge in [-0.25, -0.2) is 13.1 Å². The van der Waals surface area contributed by atoms with Crippen LogP contribution in [-0.4, -0.2) is 27.0 Å². The summed E-state index contributed by atoms with van der Waals surface area (Å²) in [6.45, 7) is 5.75. The van der Waals surface area contributed by atoms with Crippen molar-refractivity contribution in [2.24, 2.45) is 0 Å². The minimum Gasteiger partial charge on any atom is -0.491 e. The molecule has 0 fully saturated rings. The summed E-state index contributed by atoms with van der Waals surface area (Å²) in [5.74, 6) is 0.486. The molecule has 1 atom stereocenters. The number of nitrogens with one attached hydrogen (secondary N) is 2. The number of halogens is 1. The Labute approximate surface area is 171 Å². The third-order valence-corrected chi connectivity index (χ3v) is 5.55. The third kappa shape index (κ3) is 6.82. The Bertz CT molecular complexity index is 916. The van der Waals surface area contributed by atoms with Crippen LogP contribution in [0.1, 0.15) is 38.8 Å². The number of carbonyl (C=O) groups is 1. The topological polar surface area (TPSA) is 84.5 Å². The van der Waals surface area contributed by atoms with Crippen molar-refractivity contribution < 1.29 is 17.9 Å². The third-order valence-electron chi connectivity index (χ3n) is 3.86. The van der Waals surface area contributed by atoms with Crippen molar-refractivity contribution in [2.75, 3.05) is 6.54 Å². The van der Waals surface area contributed by atoms with Crippen molar-refractivity contribution in [3.8, 4) is 5.75 Å². The zero-order valence-corrected chi connectivity index (χ0v) is 17.7. The van der Waals surface area contributed by atoms with Crippen LogP contribution in [0.5, 0.6) is 5.75 Å². The van der Waals surface area contributed by atoms with Gasteiger partial charge in [0.2, 0.25) is 15.9 Å². The molecule has 0 heterocycles. The molecule has 6 nitrogen and oxygen atoms in total. The van der Waals surface area contributed by atoms with Gasteiger partial charge in [0, 0.05) is 18.0 Å².